The molecule has 4 aromatic rings. The molecule has 0 radical (unpaired) electrons. The Hall–Kier alpha value is -4.44. The summed E-state index contributed by atoms with van der Waals surface area (Å²) < 4.78 is 20.6. The van der Waals surface area contributed by atoms with Gasteiger partial charge < -0.3 is 25.7 Å². The molecule has 0 saturated heterocycles. The lowest BCUT2D eigenvalue weighted by atomic mass is 10.2. The van der Waals surface area contributed by atoms with Crippen LogP contribution >= 0.6 is 11.6 Å². The van der Waals surface area contributed by atoms with Gasteiger partial charge in [0.2, 0.25) is 5.91 Å². The van der Waals surface area contributed by atoms with Crippen LogP contribution in [-0.2, 0) is 23.1 Å². The molecule has 39 heavy (non-hydrogen) atoms. The van der Waals surface area contributed by atoms with Gasteiger partial charge in [-0.2, -0.15) is 0 Å². The van der Waals surface area contributed by atoms with Crippen molar-refractivity contribution in [3.63, 3.8) is 0 Å². The van der Waals surface area contributed by atoms with E-state index in [-0.39, 0.29) is 29.7 Å². The van der Waals surface area contributed by atoms with Gasteiger partial charge in [-0.05, 0) is 55.5 Å². The normalized spacial score (nSPS) is 10.4. The number of anilines is 2. The molecule has 4 rings (SSSR count). The van der Waals surface area contributed by atoms with E-state index in [9.17, 15) is 18.8 Å². The van der Waals surface area contributed by atoms with Crippen molar-refractivity contribution in [3.8, 4) is 0 Å². The number of esters is 1. The highest BCUT2D eigenvalue weighted by Gasteiger charge is 2.14. The van der Waals surface area contributed by atoms with Gasteiger partial charge in [0, 0.05) is 24.6 Å². The van der Waals surface area contributed by atoms with Crippen molar-refractivity contribution in [2.24, 2.45) is 12.8 Å². The first-order valence-corrected chi connectivity index (χ1v) is 12.5. The molecule has 11 heteroatoms. The number of aromatic nitrogens is 2. The van der Waals surface area contributed by atoms with Crippen LogP contribution < -0.4 is 16.4 Å². The molecule has 4 N–H and O–H groups in total. The Morgan fingerprint density at radius 1 is 1.03 bits per heavy atom. The number of carbonyl (C=O) groups excluding carboxylic acids is 3. The van der Waals surface area contributed by atoms with Crippen LogP contribution in [0.2, 0.25) is 5.02 Å². The number of nitrogens with zero attached hydrogens (tertiary/aromatic N) is 2. The highest BCUT2D eigenvalue weighted by molar-refractivity contribution is 6.33. The van der Waals surface area contributed by atoms with Crippen molar-refractivity contribution < 1.29 is 23.5 Å². The molecule has 0 fully saturated rings. The van der Waals surface area contributed by atoms with E-state index in [0.717, 1.165) is 11.6 Å². The van der Waals surface area contributed by atoms with E-state index in [0.29, 0.717) is 40.6 Å². The maximum atomic E-state index is 14.2. The number of imidazole rings is 1. The summed E-state index contributed by atoms with van der Waals surface area (Å²) in [5.41, 5.74) is 7.89. The monoisotopic (exact) mass is 553 g/mol. The average molecular weight is 554 g/mol. The van der Waals surface area contributed by atoms with E-state index in [1.165, 1.54) is 12.1 Å². The smallest absolute Gasteiger partial charge is 0.305 e. The first kappa shape index (κ1) is 29.1. The molecular formula is C28H29ClFN5O4. The number of nitrogens with two attached hydrogens (primary N) is 1. The molecule has 0 aliphatic heterocycles. The summed E-state index contributed by atoms with van der Waals surface area (Å²) in [5, 5.41) is 6.20. The average Bonchev–Trinajstić information content (AvgIpc) is 3.24. The fraction of sp³-hybridized carbons (Fsp3) is 0.214. The van der Waals surface area contributed by atoms with Gasteiger partial charge in [-0.25, -0.2) is 9.37 Å². The lowest BCUT2D eigenvalue weighted by Crippen LogP contribution is -2.12. The largest absolute Gasteiger partial charge is 0.466 e. The lowest BCUT2D eigenvalue weighted by molar-refractivity contribution is -0.142. The lowest BCUT2D eigenvalue weighted by Gasteiger charge is -2.08. The van der Waals surface area contributed by atoms with Gasteiger partial charge in [0.25, 0.3) is 5.91 Å². The highest BCUT2D eigenvalue weighted by atomic mass is 35.5. The second kappa shape index (κ2) is 13.4. The number of hydrogen-bond donors (Lipinski definition) is 3. The minimum Gasteiger partial charge on any atom is -0.466 e. The van der Waals surface area contributed by atoms with E-state index in [1.807, 2.05) is 11.6 Å². The van der Waals surface area contributed by atoms with Gasteiger partial charge in [0.1, 0.15) is 11.6 Å². The number of hydrogen-bond acceptors (Lipinski definition) is 6. The van der Waals surface area contributed by atoms with E-state index in [4.69, 9.17) is 17.3 Å². The Bertz CT molecular complexity index is 1500. The summed E-state index contributed by atoms with van der Waals surface area (Å²) in [6, 6.07) is 16.2. The maximum absolute atomic E-state index is 14.2. The minimum absolute atomic E-state index is 0.0957. The number of primary amides is 1. The number of fused-ring (bicyclic) bond motifs is 1. The fourth-order valence-corrected chi connectivity index (χ4v) is 3.74. The molecular weight excluding hydrogens is 525 g/mol. The van der Waals surface area contributed by atoms with E-state index < -0.39 is 11.7 Å². The second-order valence-corrected chi connectivity index (χ2v) is 8.70. The Morgan fingerprint density at radius 3 is 2.36 bits per heavy atom. The summed E-state index contributed by atoms with van der Waals surface area (Å²) in [4.78, 5) is 38.6. The zero-order valence-corrected chi connectivity index (χ0v) is 22.5. The predicted octanol–water partition coefficient (Wildman–Crippen LogP) is 5.29. The minimum atomic E-state index is -0.694. The number of para-hydroxylation sites is 1. The van der Waals surface area contributed by atoms with Gasteiger partial charge in [-0.1, -0.05) is 30.7 Å². The van der Waals surface area contributed by atoms with Crippen LogP contribution in [-0.4, -0.2) is 33.9 Å². The summed E-state index contributed by atoms with van der Waals surface area (Å²) in [7, 11) is 1.84. The molecule has 2 amide bonds. The fourth-order valence-electron chi connectivity index (χ4n) is 3.56. The first-order valence-electron chi connectivity index (χ1n) is 12.1. The highest BCUT2D eigenvalue weighted by Crippen LogP contribution is 2.23. The molecule has 204 valence electrons. The van der Waals surface area contributed by atoms with Crippen LogP contribution in [0.15, 0.2) is 60.7 Å². The predicted molar refractivity (Wildman–Crippen MR) is 149 cm³/mol. The van der Waals surface area contributed by atoms with Gasteiger partial charge >= 0.3 is 5.97 Å². The third-order valence-electron chi connectivity index (χ3n) is 5.64. The number of carbonyl (C=O) groups is 3. The zero-order chi connectivity index (χ0) is 28.5. The molecule has 1 aromatic heterocycles. The Morgan fingerprint density at radius 2 is 1.74 bits per heavy atom. The molecule has 0 spiro atoms. The molecule has 1 heterocycles. The molecule has 0 aliphatic rings. The Balaban J connectivity index is 0.000000532. The number of ether oxygens (including phenoxy) is 1. The van der Waals surface area contributed by atoms with E-state index in [2.05, 4.69) is 20.4 Å². The quantitative estimate of drug-likeness (QED) is 0.254. The van der Waals surface area contributed by atoms with E-state index >= 15 is 0 Å². The standard InChI is InChI=1S/C23H19ClFN5O2.C5H10O2/c1-30-20-9-7-14(23(32)29-17-5-3-2-4-15(17)24)11-19(20)28-21(30)12-27-18-8-6-13(22(26)31)10-16(18)25;1-3-5(6)7-4-2/h2-11,27H,12H2,1H3,(H2,26,31)(H,29,32);3-4H2,1-2H3. The van der Waals surface area contributed by atoms with Crippen molar-refractivity contribution >= 4 is 51.8 Å². The number of nitrogens with one attached hydrogen (secondary N) is 2. The Kier molecular flexibility index (Phi) is 9.99. The third-order valence-corrected chi connectivity index (χ3v) is 5.97. The summed E-state index contributed by atoms with van der Waals surface area (Å²) in [6.45, 7) is 4.30. The van der Waals surface area contributed by atoms with Crippen LogP contribution in [0.1, 0.15) is 46.8 Å². The van der Waals surface area contributed by atoms with Crippen molar-refractivity contribution in [2.75, 3.05) is 17.2 Å². The molecule has 0 atom stereocenters. The SMILES string of the molecule is CCOC(=O)CC.Cn1c(CNc2ccc(C(N)=O)cc2F)nc2cc(C(=O)Nc3ccccc3Cl)ccc21. The van der Waals surface area contributed by atoms with Crippen LogP contribution in [0.5, 0.6) is 0 Å². The first-order chi connectivity index (χ1) is 18.6. The van der Waals surface area contributed by atoms with Crippen molar-refractivity contribution in [1.29, 1.82) is 0 Å². The van der Waals surface area contributed by atoms with Crippen LogP contribution in [0.3, 0.4) is 0 Å². The second-order valence-electron chi connectivity index (χ2n) is 8.30. The van der Waals surface area contributed by atoms with Crippen molar-refractivity contribution in [3.05, 3.63) is 88.5 Å². The topological polar surface area (TPSA) is 128 Å². The maximum Gasteiger partial charge on any atom is 0.305 e. The van der Waals surface area contributed by atoms with Gasteiger partial charge in [0.15, 0.2) is 0 Å². The van der Waals surface area contributed by atoms with Crippen LogP contribution in [0.25, 0.3) is 11.0 Å². The van der Waals surface area contributed by atoms with Gasteiger partial charge in [-0.15, -0.1) is 0 Å². The zero-order valence-electron chi connectivity index (χ0n) is 21.8. The molecule has 9 nitrogen and oxygen atoms in total. The number of amides is 2. The molecule has 0 bridgehead atoms. The summed E-state index contributed by atoms with van der Waals surface area (Å²) >= 11 is 6.11. The summed E-state index contributed by atoms with van der Waals surface area (Å²) in [5.74, 6) is -1.06. The third kappa shape index (κ3) is 7.55. The number of rotatable bonds is 8. The van der Waals surface area contributed by atoms with E-state index in [1.54, 1.807) is 56.3 Å². The van der Waals surface area contributed by atoms with Gasteiger partial charge in [-0.3, -0.25) is 14.4 Å². The molecule has 0 aliphatic carbocycles. The number of halogens is 2. The molecule has 3 aromatic carbocycles. The van der Waals surface area contributed by atoms with Crippen molar-refractivity contribution in [1.82, 2.24) is 9.55 Å². The van der Waals surface area contributed by atoms with Crippen molar-refractivity contribution in [2.45, 2.75) is 26.8 Å². The molecule has 0 unspecified atom stereocenters. The number of benzene rings is 3. The van der Waals surface area contributed by atoms with Gasteiger partial charge in [0.05, 0.1) is 40.6 Å². The van der Waals surface area contributed by atoms with Crippen LogP contribution in [0.4, 0.5) is 15.8 Å². The van der Waals surface area contributed by atoms with Crippen LogP contribution in [0, 0.1) is 5.82 Å². The molecule has 0 saturated carbocycles. The Labute approximate surface area is 230 Å². The number of aryl methyl sites for hydroxylation is 1. The summed E-state index contributed by atoms with van der Waals surface area (Å²) in [6.07, 6.45) is 0.480.